The highest BCUT2D eigenvalue weighted by Crippen LogP contribution is 2.20. The van der Waals surface area contributed by atoms with Crippen molar-refractivity contribution in [2.45, 2.75) is 51.9 Å². The third-order valence-corrected chi connectivity index (χ3v) is 5.66. The van der Waals surface area contributed by atoms with E-state index in [1.165, 1.54) is 22.9 Å². The Kier molecular flexibility index (Phi) is 7.52. The number of ether oxygens (including phenoxy) is 1. The molecule has 1 N–H and O–H groups in total. The van der Waals surface area contributed by atoms with Gasteiger partial charge in [-0.1, -0.05) is 55.4 Å². The molecule has 0 radical (unpaired) electrons. The first-order valence-electron chi connectivity index (χ1n) is 10.1. The predicted octanol–water partition coefficient (Wildman–Crippen LogP) is 5.04. The van der Waals surface area contributed by atoms with Gasteiger partial charge in [-0.05, 0) is 49.6 Å². The van der Waals surface area contributed by atoms with Gasteiger partial charge in [-0.3, -0.25) is 4.79 Å². The van der Waals surface area contributed by atoms with E-state index >= 15 is 0 Å². The lowest BCUT2D eigenvalue weighted by Crippen LogP contribution is -2.15. The third-order valence-electron chi connectivity index (χ3n) is 4.69. The van der Waals surface area contributed by atoms with Crippen molar-refractivity contribution >= 4 is 23.4 Å². The monoisotopic (exact) mass is 424 g/mol. The quantitative estimate of drug-likeness (QED) is 0.487. The van der Waals surface area contributed by atoms with Gasteiger partial charge in [0.15, 0.2) is 11.0 Å². The third kappa shape index (κ3) is 5.86. The van der Waals surface area contributed by atoms with Gasteiger partial charge in [0.1, 0.15) is 12.4 Å². The summed E-state index contributed by atoms with van der Waals surface area (Å²) in [6.07, 6.45) is 0. The van der Waals surface area contributed by atoms with Gasteiger partial charge >= 0.3 is 0 Å². The molecule has 0 aliphatic heterocycles. The van der Waals surface area contributed by atoms with Crippen molar-refractivity contribution in [1.29, 1.82) is 0 Å². The Bertz CT molecular complexity index is 966. The lowest BCUT2D eigenvalue weighted by atomic mass is 10.0. The zero-order chi connectivity index (χ0) is 21.5. The summed E-state index contributed by atoms with van der Waals surface area (Å²) in [4.78, 5) is 12.3. The number of rotatable bonds is 9. The number of anilines is 1. The van der Waals surface area contributed by atoms with E-state index in [-0.39, 0.29) is 11.7 Å². The molecule has 1 aromatic heterocycles. The molecule has 6 nitrogen and oxygen atoms in total. The van der Waals surface area contributed by atoms with Gasteiger partial charge in [-0.15, -0.1) is 10.2 Å². The average molecular weight is 425 g/mol. The molecule has 158 valence electrons. The highest BCUT2D eigenvalue weighted by molar-refractivity contribution is 7.99. The zero-order valence-electron chi connectivity index (χ0n) is 17.9. The molecule has 0 unspecified atom stereocenters. The van der Waals surface area contributed by atoms with Gasteiger partial charge in [-0.2, -0.15) is 0 Å². The Hall–Kier alpha value is -2.80. The molecule has 2 aromatic carbocycles. The maximum Gasteiger partial charge on any atom is 0.234 e. The summed E-state index contributed by atoms with van der Waals surface area (Å²) in [5.41, 5.74) is 3.24. The minimum Gasteiger partial charge on any atom is -0.486 e. The molecule has 0 fully saturated rings. The number of hydrogen-bond donors (Lipinski definition) is 1. The first kappa shape index (κ1) is 21.9. The summed E-state index contributed by atoms with van der Waals surface area (Å²) < 4.78 is 7.80. The molecule has 0 saturated carbocycles. The number of benzene rings is 2. The fraction of sp³-hybridized carbons (Fsp3) is 0.348. The van der Waals surface area contributed by atoms with Crippen molar-refractivity contribution < 1.29 is 9.53 Å². The molecule has 7 heteroatoms. The molecule has 3 rings (SSSR count). The number of amides is 1. The van der Waals surface area contributed by atoms with Crippen LogP contribution in [0.15, 0.2) is 53.7 Å². The molecule has 0 bridgehead atoms. The van der Waals surface area contributed by atoms with E-state index in [1.807, 2.05) is 66.9 Å². The Morgan fingerprint density at radius 2 is 1.80 bits per heavy atom. The van der Waals surface area contributed by atoms with E-state index in [9.17, 15) is 4.79 Å². The van der Waals surface area contributed by atoms with Crippen LogP contribution in [0.4, 0.5) is 5.69 Å². The summed E-state index contributed by atoms with van der Waals surface area (Å²) in [6, 6.07) is 15.9. The van der Waals surface area contributed by atoms with Crippen molar-refractivity contribution in [3.8, 4) is 5.75 Å². The second-order valence-corrected chi connectivity index (χ2v) is 8.30. The number of carbonyl (C=O) groups excluding carboxylic acids is 1. The smallest absolute Gasteiger partial charge is 0.234 e. The molecule has 0 atom stereocenters. The molecule has 0 saturated heterocycles. The summed E-state index contributed by atoms with van der Waals surface area (Å²) in [5, 5.41) is 12.1. The molecule has 1 heterocycles. The van der Waals surface area contributed by atoms with Crippen LogP contribution in [0.1, 0.15) is 43.6 Å². The molecular weight excluding hydrogens is 396 g/mol. The van der Waals surface area contributed by atoms with E-state index < -0.39 is 0 Å². The van der Waals surface area contributed by atoms with Crippen molar-refractivity contribution in [1.82, 2.24) is 14.8 Å². The number of thioether (sulfide) groups is 1. The van der Waals surface area contributed by atoms with Gasteiger partial charge in [0, 0.05) is 12.2 Å². The highest BCUT2D eigenvalue weighted by atomic mass is 32.2. The maximum absolute atomic E-state index is 12.3. The molecule has 0 aliphatic rings. The van der Waals surface area contributed by atoms with Crippen molar-refractivity contribution in [3.63, 3.8) is 0 Å². The van der Waals surface area contributed by atoms with E-state index in [0.29, 0.717) is 24.2 Å². The number of hydrogen-bond acceptors (Lipinski definition) is 5. The maximum atomic E-state index is 12.3. The molecular formula is C23H28N4O2S. The number of nitrogens with zero attached hydrogens (tertiary/aromatic N) is 3. The van der Waals surface area contributed by atoms with Crippen LogP contribution in [-0.4, -0.2) is 26.4 Å². The molecule has 3 aromatic rings. The van der Waals surface area contributed by atoms with Gasteiger partial charge in [0.25, 0.3) is 0 Å². The van der Waals surface area contributed by atoms with Crippen LogP contribution in [0.25, 0.3) is 0 Å². The normalized spacial score (nSPS) is 11.0. The van der Waals surface area contributed by atoms with Crippen LogP contribution in [0.2, 0.25) is 0 Å². The SMILES string of the molecule is CCn1c(COc2ccc(C)cc2)nnc1SCC(=O)Nc1ccc(C(C)C)cc1. The number of carbonyl (C=O) groups is 1. The van der Waals surface area contributed by atoms with Gasteiger partial charge in [0.2, 0.25) is 5.91 Å². The molecule has 30 heavy (non-hydrogen) atoms. The number of aryl methyl sites for hydroxylation is 1. The average Bonchev–Trinajstić information content (AvgIpc) is 3.14. The van der Waals surface area contributed by atoms with Gasteiger partial charge in [-0.25, -0.2) is 0 Å². The van der Waals surface area contributed by atoms with Crippen LogP contribution in [0.3, 0.4) is 0 Å². The topological polar surface area (TPSA) is 69.0 Å². The van der Waals surface area contributed by atoms with Crippen LogP contribution in [-0.2, 0) is 17.9 Å². The van der Waals surface area contributed by atoms with Gasteiger partial charge in [0.05, 0.1) is 5.75 Å². The summed E-state index contributed by atoms with van der Waals surface area (Å²) in [7, 11) is 0. The second-order valence-electron chi connectivity index (χ2n) is 7.36. The van der Waals surface area contributed by atoms with Gasteiger partial charge < -0.3 is 14.6 Å². The Balaban J connectivity index is 1.54. The van der Waals surface area contributed by atoms with Crippen molar-refractivity contribution in [2.75, 3.05) is 11.1 Å². The van der Waals surface area contributed by atoms with Crippen molar-refractivity contribution in [2.24, 2.45) is 0 Å². The first-order chi connectivity index (χ1) is 14.5. The first-order valence-corrected chi connectivity index (χ1v) is 11.1. The molecule has 1 amide bonds. The number of nitrogens with one attached hydrogen (secondary N) is 1. The summed E-state index contributed by atoms with van der Waals surface area (Å²) in [5.74, 6) is 2.20. The summed E-state index contributed by atoms with van der Waals surface area (Å²) >= 11 is 1.37. The van der Waals surface area contributed by atoms with Crippen LogP contribution in [0.5, 0.6) is 5.75 Å². The standard InChI is InChI=1S/C23H28N4O2S/c1-5-27-21(14-29-20-12-6-17(4)7-13-20)25-26-23(27)30-15-22(28)24-19-10-8-18(9-11-19)16(2)3/h6-13,16H,5,14-15H2,1-4H3,(H,24,28). The minimum atomic E-state index is -0.0691. The highest BCUT2D eigenvalue weighted by Gasteiger charge is 2.14. The van der Waals surface area contributed by atoms with Crippen LogP contribution < -0.4 is 10.1 Å². The van der Waals surface area contributed by atoms with E-state index in [4.69, 9.17) is 4.74 Å². The molecule has 0 aliphatic carbocycles. The van der Waals surface area contributed by atoms with Crippen LogP contribution >= 0.6 is 11.8 Å². The number of aromatic nitrogens is 3. The fourth-order valence-electron chi connectivity index (χ4n) is 2.91. The van der Waals surface area contributed by atoms with E-state index in [1.54, 1.807) is 0 Å². The van der Waals surface area contributed by atoms with E-state index in [2.05, 4.69) is 29.4 Å². The van der Waals surface area contributed by atoms with Crippen LogP contribution in [0, 0.1) is 6.92 Å². The Morgan fingerprint density at radius 3 is 2.43 bits per heavy atom. The fourth-order valence-corrected chi connectivity index (χ4v) is 3.73. The largest absolute Gasteiger partial charge is 0.486 e. The predicted molar refractivity (Wildman–Crippen MR) is 121 cm³/mol. The molecule has 0 spiro atoms. The Labute approximate surface area is 182 Å². The zero-order valence-corrected chi connectivity index (χ0v) is 18.7. The van der Waals surface area contributed by atoms with Crippen molar-refractivity contribution in [3.05, 3.63) is 65.5 Å². The lowest BCUT2D eigenvalue weighted by Gasteiger charge is -2.10. The Morgan fingerprint density at radius 1 is 1.10 bits per heavy atom. The second kappa shape index (κ2) is 10.3. The summed E-state index contributed by atoms with van der Waals surface area (Å²) in [6.45, 7) is 9.40. The van der Waals surface area contributed by atoms with E-state index in [0.717, 1.165) is 17.3 Å². The minimum absolute atomic E-state index is 0.0691. The lowest BCUT2D eigenvalue weighted by molar-refractivity contribution is -0.113.